The van der Waals surface area contributed by atoms with Gasteiger partial charge in [-0.25, -0.2) is 4.98 Å². The molecule has 1 aliphatic heterocycles. The molecule has 2 fully saturated rings. The molecule has 1 saturated heterocycles. The zero-order valence-corrected chi connectivity index (χ0v) is 14.9. The molecular formula is C21H22N4O. The van der Waals surface area contributed by atoms with Crippen LogP contribution < -0.4 is 0 Å². The Balaban J connectivity index is 1.38. The number of rotatable bonds is 3. The van der Waals surface area contributed by atoms with Gasteiger partial charge in [-0.1, -0.05) is 6.07 Å². The topological polar surface area (TPSA) is 51.0 Å². The van der Waals surface area contributed by atoms with E-state index in [0.717, 1.165) is 36.0 Å². The number of hydrogen-bond acceptors (Lipinski definition) is 3. The van der Waals surface area contributed by atoms with Crippen molar-refractivity contribution in [2.24, 2.45) is 0 Å². The number of likely N-dealkylation sites (tertiary alicyclic amines) is 1. The summed E-state index contributed by atoms with van der Waals surface area (Å²) in [4.78, 5) is 24.0. The fourth-order valence-corrected chi connectivity index (χ4v) is 4.11. The highest BCUT2D eigenvalue weighted by Gasteiger charge is 2.34. The first-order valence-corrected chi connectivity index (χ1v) is 9.38. The first-order chi connectivity index (χ1) is 12.7. The Bertz CT molecular complexity index is 989. The molecule has 0 spiro atoms. The lowest BCUT2D eigenvalue weighted by Crippen LogP contribution is -2.29. The van der Waals surface area contributed by atoms with Gasteiger partial charge in [0, 0.05) is 48.0 Å². The molecule has 1 aliphatic carbocycles. The molecule has 5 heteroatoms. The minimum Gasteiger partial charge on any atom is -0.336 e. The van der Waals surface area contributed by atoms with Gasteiger partial charge in [-0.3, -0.25) is 9.78 Å². The van der Waals surface area contributed by atoms with Crippen LogP contribution in [-0.2, 0) is 0 Å². The number of amides is 1. The summed E-state index contributed by atoms with van der Waals surface area (Å²) in [6, 6.07) is 10.0. The van der Waals surface area contributed by atoms with Gasteiger partial charge in [0.15, 0.2) is 0 Å². The normalized spacial score (nSPS) is 20.0. The molecule has 3 aromatic rings. The van der Waals surface area contributed by atoms with E-state index in [2.05, 4.69) is 21.5 Å². The summed E-state index contributed by atoms with van der Waals surface area (Å²) in [6.45, 7) is 3.69. The number of fused-ring (bicyclic) bond motifs is 1. The molecule has 132 valence electrons. The first kappa shape index (κ1) is 15.6. The summed E-state index contributed by atoms with van der Waals surface area (Å²) in [5, 5.41) is 1.01. The maximum Gasteiger partial charge on any atom is 0.253 e. The largest absolute Gasteiger partial charge is 0.336 e. The van der Waals surface area contributed by atoms with Crippen LogP contribution in [0.5, 0.6) is 0 Å². The number of pyridine rings is 1. The monoisotopic (exact) mass is 346 g/mol. The number of nitrogens with zero attached hydrogens (tertiary/aromatic N) is 4. The molecule has 1 aromatic carbocycles. The molecule has 1 saturated carbocycles. The molecule has 1 unspecified atom stereocenters. The Morgan fingerprint density at radius 3 is 2.88 bits per heavy atom. The van der Waals surface area contributed by atoms with Gasteiger partial charge < -0.3 is 9.47 Å². The molecule has 1 atom stereocenters. The van der Waals surface area contributed by atoms with Crippen molar-refractivity contribution in [3.05, 3.63) is 59.8 Å². The highest BCUT2D eigenvalue weighted by Crippen LogP contribution is 2.41. The molecular weight excluding hydrogens is 324 g/mol. The number of hydrogen-bond donors (Lipinski definition) is 0. The lowest BCUT2D eigenvalue weighted by molar-refractivity contribution is 0.0787. The van der Waals surface area contributed by atoms with E-state index in [0.29, 0.717) is 12.0 Å². The van der Waals surface area contributed by atoms with E-state index < -0.39 is 0 Å². The SMILES string of the molecule is Cc1cnc(C2CC2)n1C1CCN(C(=O)c2ccc3ncccc3c2)C1. The zero-order valence-electron chi connectivity index (χ0n) is 14.9. The molecule has 3 heterocycles. The standard InChI is InChI=1S/C21H22N4O/c1-14-12-23-20(15-4-5-15)25(14)18-8-10-24(13-18)21(26)17-6-7-19-16(11-17)3-2-9-22-19/h2-3,6-7,9,11-12,15,18H,4-5,8,10,13H2,1H3. The molecule has 1 amide bonds. The second-order valence-corrected chi connectivity index (χ2v) is 7.51. The molecule has 5 rings (SSSR count). The Morgan fingerprint density at radius 1 is 1.15 bits per heavy atom. The van der Waals surface area contributed by atoms with Gasteiger partial charge in [-0.15, -0.1) is 0 Å². The van der Waals surface area contributed by atoms with Crippen LogP contribution in [0.25, 0.3) is 10.9 Å². The van der Waals surface area contributed by atoms with Gasteiger partial charge >= 0.3 is 0 Å². The molecule has 0 N–H and O–H groups in total. The maximum atomic E-state index is 13.0. The van der Waals surface area contributed by atoms with Crippen molar-refractivity contribution in [1.82, 2.24) is 19.4 Å². The fourth-order valence-electron chi connectivity index (χ4n) is 4.11. The summed E-state index contributed by atoms with van der Waals surface area (Å²) < 4.78 is 2.38. The van der Waals surface area contributed by atoms with Crippen molar-refractivity contribution in [1.29, 1.82) is 0 Å². The van der Waals surface area contributed by atoms with Crippen LogP contribution in [0.4, 0.5) is 0 Å². The van der Waals surface area contributed by atoms with Gasteiger partial charge in [-0.05, 0) is 50.5 Å². The average Bonchev–Trinajstić information content (AvgIpc) is 3.27. The zero-order chi connectivity index (χ0) is 17.7. The smallest absolute Gasteiger partial charge is 0.253 e. The number of aryl methyl sites for hydroxylation is 1. The van der Waals surface area contributed by atoms with Gasteiger partial charge in [0.25, 0.3) is 5.91 Å². The van der Waals surface area contributed by atoms with E-state index in [-0.39, 0.29) is 5.91 Å². The third-order valence-electron chi connectivity index (χ3n) is 5.62. The molecule has 0 bridgehead atoms. The fraction of sp³-hybridized carbons (Fsp3) is 0.381. The Kier molecular flexibility index (Phi) is 3.55. The highest BCUT2D eigenvalue weighted by molar-refractivity contribution is 5.98. The van der Waals surface area contributed by atoms with Crippen LogP contribution in [0.3, 0.4) is 0 Å². The van der Waals surface area contributed by atoms with Crippen LogP contribution >= 0.6 is 0 Å². The number of aromatic nitrogens is 3. The average molecular weight is 346 g/mol. The summed E-state index contributed by atoms with van der Waals surface area (Å²) in [5.41, 5.74) is 2.88. The summed E-state index contributed by atoms with van der Waals surface area (Å²) in [6.07, 6.45) is 7.25. The van der Waals surface area contributed by atoms with E-state index in [1.54, 1.807) is 6.20 Å². The minimum atomic E-state index is 0.115. The minimum absolute atomic E-state index is 0.115. The second kappa shape index (κ2) is 5.94. The molecule has 2 aliphatic rings. The second-order valence-electron chi connectivity index (χ2n) is 7.51. The van der Waals surface area contributed by atoms with Gasteiger partial charge in [0.05, 0.1) is 11.6 Å². The number of carbonyl (C=O) groups is 1. The van der Waals surface area contributed by atoms with Crippen LogP contribution in [-0.4, -0.2) is 38.4 Å². The Hall–Kier alpha value is -2.69. The first-order valence-electron chi connectivity index (χ1n) is 9.38. The lowest BCUT2D eigenvalue weighted by atomic mass is 10.1. The number of benzene rings is 1. The van der Waals surface area contributed by atoms with Crippen LogP contribution in [0.15, 0.2) is 42.7 Å². The third kappa shape index (κ3) is 2.59. The predicted octanol–water partition coefficient (Wildman–Crippen LogP) is 3.70. The lowest BCUT2D eigenvalue weighted by Gasteiger charge is -2.20. The molecule has 0 radical (unpaired) electrons. The predicted molar refractivity (Wildman–Crippen MR) is 100 cm³/mol. The number of carbonyl (C=O) groups excluding carboxylic acids is 1. The van der Waals surface area contributed by atoms with Crippen LogP contribution in [0.2, 0.25) is 0 Å². The van der Waals surface area contributed by atoms with E-state index >= 15 is 0 Å². The van der Waals surface area contributed by atoms with Gasteiger partial charge in [-0.2, -0.15) is 0 Å². The summed E-state index contributed by atoms with van der Waals surface area (Å²) in [7, 11) is 0. The maximum absolute atomic E-state index is 13.0. The summed E-state index contributed by atoms with van der Waals surface area (Å²) >= 11 is 0. The van der Waals surface area contributed by atoms with Crippen molar-refractivity contribution >= 4 is 16.8 Å². The quantitative estimate of drug-likeness (QED) is 0.726. The molecule has 5 nitrogen and oxygen atoms in total. The van der Waals surface area contributed by atoms with Crippen molar-refractivity contribution < 1.29 is 4.79 Å². The Morgan fingerprint density at radius 2 is 2.04 bits per heavy atom. The molecule has 26 heavy (non-hydrogen) atoms. The van der Waals surface area contributed by atoms with E-state index in [4.69, 9.17) is 0 Å². The van der Waals surface area contributed by atoms with Gasteiger partial charge in [0.2, 0.25) is 0 Å². The van der Waals surface area contributed by atoms with Crippen molar-refractivity contribution in [3.63, 3.8) is 0 Å². The third-order valence-corrected chi connectivity index (χ3v) is 5.62. The van der Waals surface area contributed by atoms with Crippen molar-refractivity contribution in [3.8, 4) is 0 Å². The van der Waals surface area contributed by atoms with E-state index in [1.165, 1.54) is 24.4 Å². The highest BCUT2D eigenvalue weighted by atomic mass is 16.2. The van der Waals surface area contributed by atoms with Gasteiger partial charge in [0.1, 0.15) is 5.82 Å². The Labute approximate surface area is 152 Å². The van der Waals surface area contributed by atoms with E-state index in [9.17, 15) is 4.79 Å². The molecule has 2 aromatic heterocycles. The number of imidazole rings is 1. The van der Waals surface area contributed by atoms with E-state index in [1.807, 2.05) is 41.4 Å². The van der Waals surface area contributed by atoms with Crippen molar-refractivity contribution in [2.75, 3.05) is 13.1 Å². The van der Waals surface area contributed by atoms with Crippen molar-refractivity contribution in [2.45, 2.75) is 38.1 Å². The van der Waals surface area contributed by atoms with Crippen LogP contribution in [0.1, 0.15) is 53.1 Å². The summed E-state index contributed by atoms with van der Waals surface area (Å²) in [5.74, 6) is 1.96. The van der Waals surface area contributed by atoms with Crippen LogP contribution in [0, 0.1) is 6.92 Å².